The predicted molar refractivity (Wildman–Crippen MR) is 89.5 cm³/mol. The maximum absolute atomic E-state index is 11.3. The number of aliphatic hydroxyl groups is 1. The van der Waals surface area contributed by atoms with E-state index in [1.807, 2.05) is 0 Å². The van der Waals surface area contributed by atoms with Gasteiger partial charge >= 0.3 is 5.97 Å². The number of unbranched alkanes of at least 4 members (excludes halogenated alkanes) is 2. The molecule has 1 N–H and O–H groups in total. The van der Waals surface area contributed by atoms with E-state index in [0.29, 0.717) is 13.2 Å². The fourth-order valence-corrected chi connectivity index (χ4v) is 3.08. The molecule has 1 heterocycles. The highest BCUT2D eigenvalue weighted by Gasteiger charge is 2.46. The monoisotopic (exact) mass is 396 g/mol. The van der Waals surface area contributed by atoms with Crippen LogP contribution in [0, 0.1) is 0 Å². The average Bonchev–Trinajstić information content (AvgIpc) is 2.50. The van der Waals surface area contributed by atoms with Gasteiger partial charge in [0.25, 0.3) is 0 Å². The highest BCUT2D eigenvalue weighted by Crippen LogP contribution is 2.29. The van der Waals surface area contributed by atoms with Gasteiger partial charge in [0.1, 0.15) is 23.3 Å². The SMILES string of the molecule is CCCCOCC1O[C@H](Br)C(OCCCC)[C@@H](O)[C@H]1OC(C)=O. The van der Waals surface area contributed by atoms with Gasteiger partial charge in [0, 0.05) is 20.1 Å². The lowest BCUT2D eigenvalue weighted by atomic mass is 10.00. The first-order valence-electron chi connectivity index (χ1n) is 8.35. The summed E-state index contributed by atoms with van der Waals surface area (Å²) in [5.74, 6) is -0.462. The third kappa shape index (κ3) is 7.05. The van der Waals surface area contributed by atoms with E-state index in [1.165, 1.54) is 6.92 Å². The molecule has 2 unspecified atom stereocenters. The molecule has 0 spiro atoms. The molecule has 0 saturated carbocycles. The van der Waals surface area contributed by atoms with Crippen LogP contribution >= 0.6 is 15.9 Å². The highest BCUT2D eigenvalue weighted by molar-refractivity contribution is 9.09. The minimum absolute atomic E-state index is 0.263. The average molecular weight is 397 g/mol. The molecule has 0 bridgehead atoms. The van der Waals surface area contributed by atoms with Crippen molar-refractivity contribution in [3.8, 4) is 0 Å². The van der Waals surface area contributed by atoms with Crippen LogP contribution in [0.1, 0.15) is 46.5 Å². The molecule has 5 atom stereocenters. The topological polar surface area (TPSA) is 74.2 Å². The van der Waals surface area contributed by atoms with Crippen molar-refractivity contribution in [3.63, 3.8) is 0 Å². The Bertz CT molecular complexity index is 339. The van der Waals surface area contributed by atoms with Crippen molar-refractivity contribution in [2.75, 3.05) is 19.8 Å². The Labute approximate surface area is 146 Å². The second kappa shape index (κ2) is 11.4. The first kappa shape index (κ1) is 20.8. The van der Waals surface area contributed by atoms with E-state index in [-0.39, 0.29) is 6.61 Å². The van der Waals surface area contributed by atoms with Crippen LogP contribution in [0.2, 0.25) is 0 Å². The number of carbonyl (C=O) groups excluding carboxylic acids is 1. The van der Waals surface area contributed by atoms with E-state index in [2.05, 4.69) is 29.8 Å². The van der Waals surface area contributed by atoms with Gasteiger partial charge in [-0.25, -0.2) is 0 Å². The van der Waals surface area contributed by atoms with Crippen molar-refractivity contribution in [2.24, 2.45) is 0 Å². The number of alkyl halides is 1. The zero-order valence-electron chi connectivity index (χ0n) is 14.2. The molecule has 23 heavy (non-hydrogen) atoms. The second-order valence-electron chi connectivity index (χ2n) is 5.71. The zero-order chi connectivity index (χ0) is 17.2. The van der Waals surface area contributed by atoms with E-state index >= 15 is 0 Å². The van der Waals surface area contributed by atoms with E-state index in [1.54, 1.807) is 0 Å². The molecular weight excluding hydrogens is 368 g/mol. The molecule has 136 valence electrons. The number of ether oxygens (including phenoxy) is 4. The number of hydrogen-bond donors (Lipinski definition) is 1. The normalized spacial score (nSPS) is 31.1. The van der Waals surface area contributed by atoms with Crippen molar-refractivity contribution in [2.45, 2.75) is 75.9 Å². The Kier molecular flexibility index (Phi) is 10.3. The molecule has 1 aliphatic heterocycles. The van der Waals surface area contributed by atoms with Gasteiger partial charge in [0.15, 0.2) is 6.10 Å². The quantitative estimate of drug-likeness (QED) is 0.347. The van der Waals surface area contributed by atoms with Crippen LogP contribution in [0.3, 0.4) is 0 Å². The van der Waals surface area contributed by atoms with Gasteiger partial charge in [-0.1, -0.05) is 42.6 Å². The minimum Gasteiger partial charge on any atom is -0.457 e. The molecule has 7 heteroatoms. The van der Waals surface area contributed by atoms with Crippen LogP contribution in [0.5, 0.6) is 0 Å². The second-order valence-corrected chi connectivity index (χ2v) is 6.61. The van der Waals surface area contributed by atoms with Crippen LogP contribution in [-0.4, -0.2) is 60.3 Å². The molecule has 1 aliphatic rings. The van der Waals surface area contributed by atoms with Crippen LogP contribution in [0.25, 0.3) is 0 Å². The smallest absolute Gasteiger partial charge is 0.303 e. The first-order chi connectivity index (χ1) is 11.0. The molecule has 0 aromatic heterocycles. The van der Waals surface area contributed by atoms with Gasteiger partial charge < -0.3 is 24.1 Å². The minimum atomic E-state index is -0.964. The summed E-state index contributed by atoms with van der Waals surface area (Å²) in [7, 11) is 0. The molecule has 0 aromatic carbocycles. The van der Waals surface area contributed by atoms with Crippen LogP contribution in [0.15, 0.2) is 0 Å². The van der Waals surface area contributed by atoms with Gasteiger partial charge in [-0.2, -0.15) is 0 Å². The Morgan fingerprint density at radius 1 is 1.17 bits per heavy atom. The summed E-state index contributed by atoms with van der Waals surface area (Å²) in [6, 6.07) is 0. The van der Waals surface area contributed by atoms with Crippen molar-refractivity contribution >= 4 is 21.9 Å². The molecule has 0 radical (unpaired) electrons. The number of aliphatic hydroxyl groups excluding tert-OH is 1. The number of carbonyl (C=O) groups is 1. The van der Waals surface area contributed by atoms with Crippen molar-refractivity contribution in [3.05, 3.63) is 0 Å². The van der Waals surface area contributed by atoms with Crippen molar-refractivity contribution in [1.82, 2.24) is 0 Å². The summed E-state index contributed by atoms with van der Waals surface area (Å²) in [5, 5.41) is 10.1. The number of halogens is 1. The fraction of sp³-hybridized carbons (Fsp3) is 0.938. The van der Waals surface area contributed by atoms with Gasteiger partial charge in [-0.05, 0) is 12.8 Å². The van der Waals surface area contributed by atoms with Gasteiger partial charge in [0.2, 0.25) is 0 Å². The maximum atomic E-state index is 11.3. The summed E-state index contributed by atoms with van der Waals surface area (Å²) in [5.41, 5.74) is 0. The highest BCUT2D eigenvalue weighted by atomic mass is 79.9. The summed E-state index contributed by atoms with van der Waals surface area (Å²) in [6.45, 7) is 6.86. The van der Waals surface area contributed by atoms with Crippen LogP contribution in [-0.2, 0) is 23.7 Å². The Hall–Kier alpha value is -0.210. The third-order valence-corrected chi connectivity index (χ3v) is 4.37. The lowest BCUT2D eigenvalue weighted by molar-refractivity contribution is -0.231. The lowest BCUT2D eigenvalue weighted by Gasteiger charge is -2.42. The fourth-order valence-electron chi connectivity index (χ4n) is 2.34. The Balaban J connectivity index is 2.65. The summed E-state index contributed by atoms with van der Waals surface area (Å²) in [6.07, 6.45) is 1.01. The molecular formula is C16H29BrO6. The molecule has 6 nitrogen and oxygen atoms in total. The molecule has 1 rings (SSSR count). The third-order valence-electron chi connectivity index (χ3n) is 3.64. The van der Waals surface area contributed by atoms with Gasteiger partial charge in [-0.3, -0.25) is 4.79 Å². The summed E-state index contributed by atoms with van der Waals surface area (Å²) >= 11 is 3.40. The molecule has 1 saturated heterocycles. The molecule has 1 fully saturated rings. The van der Waals surface area contributed by atoms with Gasteiger partial charge in [-0.15, -0.1) is 0 Å². The number of esters is 1. The van der Waals surface area contributed by atoms with Crippen LogP contribution in [0.4, 0.5) is 0 Å². The molecule has 0 aliphatic carbocycles. The summed E-state index contributed by atoms with van der Waals surface area (Å²) in [4.78, 5) is 11.3. The first-order valence-corrected chi connectivity index (χ1v) is 9.26. The Morgan fingerprint density at radius 3 is 2.43 bits per heavy atom. The van der Waals surface area contributed by atoms with Crippen LogP contribution < -0.4 is 0 Å². The standard InChI is InChI=1S/C16H29BrO6/c1-4-6-8-20-10-12-14(22-11(3)18)13(19)15(16(17)23-12)21-9-7-5-2/h12-16,19H,4-10H2,1-3H3/t12?,13-,14-,15?,16-/m0/s1. The zero-order valence-corrected chi connectivity index (χ0v) is 15.8. The van der Waals surface area contributed by atoms with E-state index in [9.17, 15) is 9.90 Å². The lowest BCUT2D eigenvalue weighted by Crippen LogP contribution is -2.59. The summed E-state index contributed by atoms with van der Waals surface area (Å²) < 4.78 is 22.4. The van der Waals surface area contributed by atoms with Crippen molar-refractivity contribution in [1.29, 1.82) is 0 Å². The number of rotatable bonds is 10. The van der Waals surface area contributed by atoms with E-state index in [4.69, 9.17) is 18.9 Å². The largest absolute Gasteiger partial charge is 0.457 e. The van der Waals surface area contributed by atoms with Crippen molar-refractivity contribution < 1.29 is 28.8 Å². The molecule has 0 aromatic rings. The van der Waals surface area contributed by atoms with Gasteiger partial charge in [0.05, 0.1) is 6.61 Å². The Morgan fingerprint density at radius 2 is 1.83 bits per heavy atom. The molecule has 0 amide bonds. The van der Waals surface area contributed by atoms with E-state index < -0.39 is 35.4 Å². The maximum Gasteiger partial charge on any atom is 0.303 e. The number of hydrogen-bond acceptors (Lipinski definition) is 6. The predicted octanol–water partition coefficient (Wildman–Crippen LogP) is 2.40. The van der Waals surface area contributed by atoms with E-state index in [0.717, 1.165) is 25.7 Å².